The van der Waals surface area contributed by atoms with Crippen molar-refractivity contribution in [2.24, 2.45) is 0 Å². The van der Waals surface area contributed by atoms with Crippen molar-refractivity contribution >= 4 is 33.4 Å². The SMILES string of the molecule is Cc1c(N)cccc1CSc1ccccc1Br. The summed E-state index contributed by atoms with van der Waals surface area (Å²) in [6.45, 7) is 2.07. The predicted octanol–water partition coefficient (Wildman–Crippen LogP) is 4.63. The third-order valence-electron chi connectivity index (χ3n) is 2.71. The Bertz CT molecular complexity index is 525. The Balaban J connectivity index is 2.13. The first-order chi connectivity index (χ1) is 8.18. The van der Waals surface area contributed by atoms with Gasteiger partial charge in [-0.2, -0.15) is 0 Å². The number of hydrogen-bond acceptors (Lipinski definition) is 2. The third kappa shape index (κ3) is 3.05. The van der Waals surface area contributed by atoms with Gasteiger partial charge in [0.1, 0.15) is 0 Å². The van der Waals surface area contributed by atoms with E-state index in [2.05, 4.69) is 47.1 Å². The third-order valence-corrected chi connectivity index (χ3v) is 4.78. The molecule has 17 heavy (non-hydrogen) atoms. The van der Waals surface area contributed by atoms with Crippen LogP contribution in [0.15, 0.2) is 51.8 Å². The molecule has 0 aromatic heterocycles. The van der Waals surface area contributed by atoms with E-state index >= 15 is 0 Å². The maximum Gasteiger partial charge on any atom is 0.0346 e. The fourth-order valence-electron chi connectivity index (χ4n) is 1.58. The molecule has 0 radical (unpaired) electrons. The average Bonchev–Trinajstić information content (AvgIpc) is 2.33. The maximum atomic E-state index is 5.90. The minimum Gasteiger partial charge on any atom is -0.399 e. The first kappa shape index (κ1) is 12.5. The van der Waals surface area contributed by atoms with Crippen LogP contribution in [0.3, 0.4) is 0 Å². The number of nitrogens with two attached hydrogens (primary N) is 1. The van der Waals surface area contributed by atoms with Crippen molar-refractivity contribution < 1.29 is 0 Å². The minimum atomic E-state index is 0.871. The van der Waals surface area contributed by atoms with Gasteiger partial charge < -0.3 is 5.73 Å². The number of thioether (sulfide) groups is 1. The van der Waals surface area contributed by atoms with Gasteiger partial charge in [0.15, 0.2) is 0 Å². The van der Waals surface area contributed by atoms with Crippen molar-refractivity contribution in [1.29, 1.82) is 0 Å². The zero-order valence-electron chi connectivity index (χ0n) is 9.61. The van der Waals surface area contributed by atoms with E-state index in [1.54, 1.807) is 0 Å². The molecule has 0 heterocycles. The normalized spacial score (nSPS) is 10.5. The minimum absolute atomic E-state index is 0.871. The van der Waals surface area contributed by atoms with Gasteiger partial charge in [-0.15, -0.1) is 11.8 Å². The number of rotatable bonds is 3. The molecule has 2 rings (SSSR count). The summed E-state index contributed by atoms with van der Waals surface area (Å²) in [5.41, 5.74) is 9.26. The lowest BCUT2D eigenvalue weighted by molar-refractivity contribution is 1.30. The van der Waals surface area contributed by atoms with Gasteiger partial charge in [-0.1, -0.05) is 24.3 Å². The monoisotopic (exact) mass is 307 g/mol. The molecular formula is C14H14BrNS. The Labute approximate surface area is 115 Å². The molecule has 0 unspecified atom stereocenters. The van der Waals surface area contributed by atoms with Crippen LogP contribution in [0.1, 0.15) is 11.1 Å². The summed E-state index contributed by atoms with van der Waals surface area (Å²) in [7, 11) is 0. The molecule has 1 nitrogen and oxygen atoms in total. The fraction of sp³-hybridized carbons (Fsp3) is 0.143. The molecule has 0 aliphatic carbocycles. The average molecular weight is 308 g/mol. The van der Waals surface area contributed by atoms with Crippen molar-refractivity contribution in [3.8, 4) is 0 Å². The Morgan fingerprint density at radius 1 is 1.12 bits per heavy atom. The molecule has 0 amide bonds. The molecule has 0 saturated carbocycles. The number of halogens is 1. The predicted molar refractivity (Wildman–Crippen MR) is 79.3 cm³/mol. The number of benzene rings is 2. The summed E-state index contributed by atoms with van der Waals surface area (Å²) in [6, 6.07) is 14.4. The Morgan fingerprint density at radius 2 is 1.88 bits per heavy atom. The highest BCUT2D eigenvalue weighted by atomic mass is 79.9. The van der Waals surface area contributed by atoms with E-state index in [0.29, 0.717) is 0 Å². The molecule has 0 spiro atoms. The first-order valence-electron chi connectivity index (χ1n) is 5.40. The number of nitrogen functional groups attached to an aromatic ring is 1. The number of hydrogen-bond donors (Lipinski definition) is 1. The molecule has 3 heteroatoms. The molecule has 0 fully saturated rings. The Morgan fingerprint density at radius 3 is 2.65 bits per heavy atom. The summed E-state index contributed by atoms with van der Waals surface area (Å²) in [6.07, 6.45) is 0. The smallest absolute Gasteiger partial charge is 0.0346 e. The lowest BCUT2D eigenvalue weighted by atomic mass is 10.1. The zero-order chi connectivity index (χ0) is 12.3. The van der Waals surface area contributed by atoms with Crippen LogP contribution in [0.25, 0.3) is 0 Å². The van der Waals surface area contributed by atoms with Gasteiger partial charge in [-0.25, -0.2) is 0 Å². The molecule has 0 atom stereocenters. The highest BCUT2D eigenvalue weighted by molar-refractivity contribution is 9.10. The van der Waals surface area contributed by atoms with Crippen LogP contribution in [0.2, 0.25) is 0 Å². The van der Waals surface area contributed by atoms with Crippen molar-refractivity contribution in [2.45, 2.75) is 17.6 Å². The quantitative estimate of drug-likeness (QED) is 0.661. The van der Waals surface area contributed by atoms with Crippen LogP contribution in [0.4, 0.5) is 5.69 Å². The van der Waals surface area contributed by atoms with Gasteiger partial charge in [0, 0.05) is 20.8 Å². The second-order valence-corrected chi connectivity index (χ2v) is 5.72. The van der Waals surface area contributed by atoms with E-state index < -0.39 is 0 Å². The summed E-state index contributed by atoms with van der Waals surface area (Å²) in [4.78, 5) is 1.26. The van der Waals surface area contributed by atoms with E-state index in [-0.39, 0.29) is 0 Å². The van der Waals surface area contributed by atoms with Crippen LogP contribution >= 0.6 is 27.7 Å². The van der Waals surface area contributed by atoms with E-state index in [1.807, 2.05) is 30.0 Å². The fourth-order valence-corrected chi connectivity index (χ4v) is 3.21. The van der Waals surface area contributed by atoms with Gasteiger partial charge >= 0.3 is 0 Å². The Kier molecular flexibility index (Phi) is 4.13. The lowest BCUT2D eigenvalue weighted by Crippen LogP contribution is -1.93. The highest BCUT2D eigenvalue weighted by Crippen LogP contribution is 2.31. The number of anilines is 1. The van der Waals surface area contributed by atoms with Gasteiger partial charge in [-0.05, 0) is 52.2 Å². The molecule has 2 N–H and O–H groups in total. The second kappa shape index (κ2) is 5.61. The van der Waals surface area contributed by atoms with E-state index in [9.17, 15) is 0 Å². The molecule has 0 bridgehead atoms. The van der Waals surface area contributed by atoms with Gasteiger partial charge in [-0.3, -0.25) is 0 Å². The molecule has 0 aliphatic heterocycles. The molecular weight excluding hydrogens is 294 g/mol. The highest BCUT2D eigenvalue weighted by Gasteiger charge is 2.04. The van der Waals surface area contributed by atoms with E-state index in [4.69, 9.17) is 5.73 Å². The summed E-state index contributed by atoms with van der Waals surface area (Å²) in [5, 5.41) is 0. The molecule has 0 aliphatic rings. The second-order valence-electron chi connectivity index (χ2n) is 3.85. The Hall–Kier alpha value is -0.930. The van der Waals surface area contributed by atoms with Crippen molar-refractivity contribution in [2.75, 3.05) is 5.73 Å². The van der Waals surface area contributed by atoms with Crippen LogP contribution in [-0.4, -0.2) is 0 Å². The summed E-state index contributed by atoms with van der Waals surface area (Å²) < 4.78 is 1.14. The maximum absolute atomic E-state index is 5.90. The first-order valence-corrected chi connectivity index (χ1v) is 7.17. The molecule has 2 aromatic rings. The molecule has 2 aromatic carbocycles. The zero-order valence-corrected chi connectivity index (χ0v) is 12.0. The lowest BCUT2D eigenvalue weighted by Gasteiger charge is -2.08. The van der Waals surface area contributed by atoms with Crippen molar-refractivity contribution in [3.05, 3.63) is 58.1 Å². The van der Waals surface area contributed by atoms with Crippen molar-refractivity contribution in [3.63, 3.8) is 0 Å². The van der Waals surface area contributed by atoms with E-state index in [0.717, 1.165) is 15.9 Å². The van der Waals surface area contributed by atoms with Gasteiger partial charge in [0.05, 0.1) is 0 Å². The van der Waals surface area contributed by atoms with Gasteiger partial charge in [0.25, 0.3) is 0 Å². The topological polar surface area (TPSA) is 26.0 Å². The van der Waals surface area contributed by atoms with Crippen LogP contribution < -0.4 is 5.73 Å². The standard InChI is InChI=1S/C14H14BrNS/c1-10-11(5-4-7-13(10)16)9-17-14-8-3-2-6-12(14)15/h2-8H,9,16H2,1H3. The van der Waals surface area contributed by atoms with E-state index in [1.165, 1.54) is 16.0 Å². The van der Waals surface area contributed by atoms with Crippen molar-refractivity contribution in [1.82, 2.24) is 0 Å². The largest absolute Gasteiger partial charge is 0.399 e. The summed E-state index contributed by atoms with van der Waals surface area (Å²) in [5.74, 6) is 0.944. The molecule has 0 saturated heterocycles. The van der Waals surface area contributed by atoms with Crippen LogP contribution in [0.5, 0.6) is 0 Å². The molecule has 88 valence electrons. The van der Waals surface area contributed by atoms with Crippen LogP contribution in [-0.2, 0) is 5.75 Å². The summed E-state index contributed by atoms with van der Waals surface area (Å²) >= 11 is 5.38. The van der Waals surface area contributed by atoms with Gasteiger partial charge in [0.2, 0.25) is 0 Å². The van der Waals surface area contributed by atoms with Crippen LogP contribution in [0, 0.1) is 6.92 Å².